The van der Waals surface area contributed by atoms with Crippen LogP contribution < -0.4 is 5.73 Å². The highest BCUT2D eigenvalue weighted by Gasteiger charge is 2.29. The van der Waals surface area contributed by atoms with Gasteiger partial charge in [-0.1, -0.05) is 13.3 Å². The summed E-state index contributed by atoms with van der Waals surface area (Å²) in [6.45, 7) is 5.75. The van der Waals surface area contributed by atoms with Crippen LogP contribution in [0.3, 0.4) is 0 Å². The molecule has 1 atom stereocenters. The molecule has 2 N–H and O–H groups in total. The molecule has 1 heterocycles. The highest BCUT2D eigenvalue weighted by Crippen LogP contribution is 2.11. The maximum absolute atomic E-state index is 12.0. The quantitative estimate of drug-likeness (QED) is 0.716. The fourth-order valence-electron chi connectivity index (χ4n) is 2.00. The number of unbranched alkanes of at least 4 members (excludes halogenated alkanes) is 1. The Bertz CT molecular complexity index is 375. The number of rotatable bonds is 6. The number of primary amides is 1. The summed E-state index contributed by atoms with van der Waals surface area (Å²) in [7, 11) is -3.12. The van der Waals surface area contributed by atoms with Gasteiger partial charge in [-0.05, 0) is 13.3 Å². The van der Waals surface area contributed by atoms with Crippen LogP contribution in [0.25, 0.3) is 0 Å². The van der Waals surface area contributed by atoms with Crippen LogP contribution in [0.4, 0.5) is 0 Å². The number of piperazine rings is 1. The molecule has 0 aromatic heterocycles. The minimum absolute atomic E-state index is 0.217. The van der Waals surface area contributed by atoms with Gasteiger partial charge in [0, 0.05) is 26.2 Å². The number of carbonyl (C=O) groups excluding carboxylic acids is 1. The molecule has 0 aromatic carbocycles. The molecular formula is C11H23N3O3S. The van der Waals surface area contributed by atoms with Crippen molar-refractivity contribution in [3.63, 3.8) is 0 Å². The van der Waals surface area contributed by atoms with E-state index in [1.54, 1.807) is 6.92 Å². The first-order valence-electron chi connectivity index (χ1n) is 6.39. The summed E-state index contributed by atoms with van der Waals surface area (Å²) in [6.07, 6.45) is 1.57. The van der Waals surface area contributed by atoms with Crippen molar-refractivity contribution < 1.29 is 13.2 Å². The minimum Gasteiger partial charge on any atom is -0.368 e. The lowest BCUT2D eigenvalue weighted by Gasteiger charge is -2.36. The molecule has 7 heteroatoms. The lowest BCUT2D eigenvalue weighted by atomic mass is 10.2. The summed E-state index contributed by atoms with van der Waals surface area (Å²) < 4.78 is 25.5. The predicted octanol–water partition coefficient (Wildman–Crippen LogP) is -0.392. The number of hydrogen-bond donors (Lipinski definition) is 1. The van der Waals surface area contributed by atoms with Gasteiger partial charge < -0.3 is 5.73 Å². The first kappa shape index (κ1) is 15.4. The largest absolute Gasteiger partial charge is 0.368 e. The lowest BCUT2D eigenvalue weighted by Crippen LogP contribution is -2.54. The number of carbonyl (C=O) groups is 1. The van der Waals surface area contributed by atoms with Crippen LogP contribution in [0, 0.1) is 0 Å². The summed E-state index contributed by atoms with van der Waals surface area (Å²) in [6, 6.07) is -0.328. The van der Waals surface area contributed by atoms with E-state index >= 15 is 0 Å². The average Bonchev–Trinajstić information content (AvgIpc) is 2.35. The fourth-order valence-corrected chi connectivity index (χ4v) is 3.64. The van der Waals surface area contributed by atoms with E-state index in [4.69, 9.17) is 5.73 Å². The van der Waals surface area contributed by atoms with Crippen LogP contribution in [0.1, 0.15) is 26.7 Å². The number of nitrogens with zero attached hydrogens (tertiary/aromatic N) is 2. The molecule has 106 valence electrons. The van der Waals surface area contributed by atoms with Gasteiger partial charge in [-0.2, -0.15) is 4.31 Å². The summed E-state index contributed by atoms with van der Waals surface area (Å²) in [5.74, 6) is -0.146. The predicted molar refractivity (Wildman–Crippen MR) is 70.5 cm³/mol. The fraction of sp³-hybridized carbons (Fsp3) is 0.909. The summed E-state index contributed by atoms with van der Waals surface area (Å²) in [4.78, 5) is 13.0. The molecule has 0 bridgehead atoms. The van der Waals surface area contributed by atoms with E-state index in [0.29, 0.717) is 32.6 Å². The topological polar surface area (TPSA) is 83.7 Å². The molecule has 0 radical (unpaired) electrons. The average molecular weight is 277 g/mol. The number of amides is 1. The number of nitrogens with two attached hydrogens (primary N) is 1. The van der Waals surface area contributed by atoms with Gasteiger partial charge in [-0.25, -0.2) is 8.42 Å². The van der Waals surface area contributed by atoms with Crippen LogP contribution in [-0.4, -0.2) is 61.5 Å². The van der Waals surface area contributed by atoms with Crippen molar-refractivity contribution in [2.75, 3.05) is 31.9 Å². The standard InChI is InChI=1S/C11H23N3O3S/c1-3-4-9-18(16,17)14-7-5-13(6-8-14)10(2)11(12)15/h10H,3-9H2,1-2H3,(H2,12,15). The maximum atomic E-state index is 12.0. The zero-order valence-electron chi connectivity index (χ0n) is 11.1. The van der Waals surface area contributed by atoms with Crippen molar-refractivity contribution in [2.24, 2.45) is 5.73 Å². The molecule has 1 fully saturated rings. The third-order valence-corrected chi connectivity index (χ3v) is 5.34. The van der Waals surface area contributed by atoms with Gasteiger partial charge in [0.15, 0.2) is 0 Å². The van der Waals surface area contributed by atoms with Crippen molar-refractivity contribution in [2.45, 2.75) is 32.7 Å². The van der Waals surface area contributed by atoms with Crippen molar-refractivity contribution in [3.05, 3.63) is 0 Å². The number of sulfonamides is 1. The van der Waals surface area contributed by atoms with Gasteiger partial charge >= 0.3 is 0 Å². The minimum atomic E-state index is -3.12. The first-order chi connectivity index (χ1) is 8.38. The summed E-state index contributed by atoms with van der Waals surface area (Å²) in [5.41, 5.74) is 5.24. The zero-order valence-corrected chi connectivity index (χ0v) is 11.9. The maximum Gasteiger partial charge on any atom is 0.234 e. The molecule has 18 heavy (non-hydrogen) atoms. The molecule has 1 saturated heterocycles. The Morgan fingerprint density at radius 3 is 2.28 bits per heavy atom. The Labute approximate surface area is 109 Å². The van der Waals surface area contributed by atoms with Gasteiger partial charge in [0.2, 0.25) is 15.9 Å². The van der Waals surface area contributed by atoms with Crippen LogP contribution in [0.2, 0.25) is 0 Å². The van der Waals surface area contributed by atoms with Crippen LogP contribution >= 0.6 is 0 Å². The van der Waals surface area contributed by atoms with Crippen molar-refractivity contribution >= 4 is 15.9 Å². The van der Waals surface area contributed by atoms with Crippen molar-refractivity contribution in [1.82, 2.24) is 9.21 Å². The Balaban J connectivity index is 2.51. The molecule has 0 aromatic rings. The van der Waals surface area contributed by atoms with Gasteiger partial charge in [-0.15, -0.1) is 0 Å². The van der Waals surface area contributed by atoms with Gasteiger partial charge in [0.1, 0.15) is 0 Å². The second-order valence-corrected chi connectivity index (χ2v) is 6.77. The number of hydrogen-bond acceptors (Lipinski definition) is 4. The molecule has 1 amide bonds. The Hall–Kier alpha value is -0.660. The second-order valence-electron chi connectivity index (χ2n) is 4.68. The summed E-state index contributed by atoms with van der Waals surface area (Å²) >= 11 is 0. The van der Waals surface area contributed by atoms with Gasteiger partial charge in [0.25, 0.3) is 0 Å². The summed E-state index contributed by atoms with van der Waals surface area (Å²) in [5, 5.41) is 0. The molecule has 1 aliphatic heterocycles. The Morgan fingerprint density at radius 2 is 1.83 bits per heavy atom. The van der Waals surface area contributed by atoms with Crippen molar-refractivity contribution in [1.29, 1.82) is 0 Å². The zero-order chi connectivity index (χ0) is 13.8. The Morgan fingerprint density at radius 1 is 1.28 bits per heavy atom. The molecule has 0 spiro atoms. The first-order valence-corrected chi connectivity index (χ1v) is 8.00. The molecule has 1 aliphatic rings. The van der Waals surface area contributed by atoms with Crippen LogP contribution in [-0.2, 0) is 14.8 Å². The smallest absolute Gasteiger partial charge is 0.234 e. The van der Waals surface area contributed by atoms with E-state index in [1.165, 1.54) is 4.31 Å². The highest BCUT2D eigenvalue weighted by molar-refractivity contribution is 7.89. The Kier molecular flexibility index (Phi) is 5.55. The monoisotopic (exact) mass is 277 g/mol. The SMILES string of the molecule is CCCCS(=O)(=O)N1CCN(C(C)C(N)=O)CC1. The van der Waals surface area contributed by atoms with E-state index in [9.17, 15) is 13.2 Å². The highest BCUT2D eigenvalue weighted by atomic mass is 32.2. The van der Waals surface area contributed by atoms with E-state index in [0.717, 1.165) is 6.42 Å². The van der Waals surface area contributed by atoms with Crippen LogP contribution in [0.5, 0.6) is 0 Å². The lowest BCUT2D eigenvalue weighted by molar-refractivity contribution is -0.123. The normalized spacial score (nSPS) is 20.8. The molecule has 0 saturated carbocycles. The van der Waals surface area contributed by atoms with E-state index in [1.807, 2.05) is 11.8 Å². The van der Waals surface area contributed by atoms with E-state index < -0.39 is 10.0 Å². The molecule has 1 unspecified atom stereocenters. The molecule has 6 nitrogen and oxygen atoms in total. The molecular weight excluding hydrogens is 254 g/mol. The van der Waals surface area contributed by atoms with E-state index in [-0.39, 0.29) is 17.7 Å². The molecule has 0 aliphatic carbocycles. The van der Waals surface area contributed by atoms with Gasteiger partial charge in [0.05, 0.1) is 11.8 Å². The van der Waals surface area contributed by atoms with E-state index in [2.05, 4.69) is 0 Å². The second kappa shape index (κ2) is 6.49. The van der Waals surface area contributed by atoms with Gasteiger partial charge in [-0.3, -0.25) is 9.69 Å². The molecule has 1 rings (SSSR count). The third kappa shape index (κ3) is 3.93. The van der Waals surface area contributed by atoms with Crippen LogP contribution in [0.15, 0.2) is 0 Å². The van der Waals surface area contributed by atoms with Crippen molar-refractivity contribution in [3.8, 4) is 0 Å². The third-order valence-electron chi connectivity index (χ3n) is 3.38.